The number of hydrogen-bond acceptors (Lipinski definition) is 2. The lowest BCUT2D eigenvalue weighted by atomic mass is 10.2. The Hall–Kier alpha value is -0.290. The topological polar surface area (TPSA) is 38.3 Å². The van der Waals surface area contributed by atoms with E-state index < -0.39 is 0 Å². The van der Waals surface area contributed by atoms with E-state index in [1.807, 2.05) is 0 Å². The third-order valence-electron chi connectivity index (χ3n) is 2.15. The van der Waals surface area contributed by atoms with Crippen LogP contribution < -0.4 is 5.32 Å². The van der Waals surface area contributed by atoms with Gasteiger partial charge < -0.3 is 10.1 Å². The molecule has 0 fully saturated rings. The van der Waals surface area contributed by atoms with Crippen molar-refractivity contribution in [1.29, 1.82) is 0 Å². The summed E-state index contributed by atoms with van der Waals surface area (Å²) in [5.41, 5.74) is 0.546. The molecular formula is C12H14BrCl2NO2. The van der Waals surface area contributed by atoms with Crippen molar-refractivity contribution < 1.29 is 9.53 Å². The molecule has 0 aliphatic heterocycles. The molecule has 0 unspecified atom stereocenters. The molecule has 3 nitrogen and oxygen atoms in total. The van der Waals surface area contributed by atoms with Crippen molar-refractivity contribution in [1.82, 2.24) is 5.32 Å². The van der Waals surface area contributed by atoms with Crippen LogP contribution in [0.25, 0.3) is 0 Å². The lowest BCUT2D eigenvalue weighted by Gasteiger charge is -2.06. The van der Waals surface area contributed by atoms with Gasteiger partial charge in [0.1, 0.15) is 0 Å². The molecule has 1 aromatic carbocycles. The van der Waals surface area contributed by atoms with Crippen LogP contribution >= 0.6 is 39.1 Å². The summed E-state index contributed by atoms with van der Waals surface area (Å²) in [5, 5.41) is 3.32. The number of ether oxygens (including phenoxy) is 1. The lowest BCUT2D eigenvalue weighted by Crippen LogP contribution is -2.25. The summed E-state index contributed by atoms with van der Waals surface area (Å²) < 4.78 is 5.97. The standard InChI is InChI=1S/C12H14BrCl2NO2/c13-10-3-2-9(8-11(10)15)12(17)16-5-1-6-18-7-4-14/h2-3,8H,1,4-7H2,(H,16,17). The molecule has 1 rings (SSSR count). The van der Waals surface area contributed by atoms with Crippen LogP contribution in [0, 0.1) is 0 Å². The second kappa shape index (κ2) is 8.75. The SMILES string of the molecule is O=C(NCCCOCCCl)c1ccc(Br)c(Cl)c1. The van der Waals surface area contributed by atoms with E-state index in [0.717, 1.165) is 10.9 Å². The second-order valence-corrected chi connectivity index (χ2v) is 5.18. The van der Waals surface area contributed by atoms with Crippen LogP contribution in [-0.2, 0) is 4.74 Å². The van der Waals surface area contributed by atoms with Gasteiger partial charge in [-0.1, -0.05) is 11.6 Å². The minimum absolute atomic E-state index is 0.137. The molecule has 0 radical (unpaired) electrons. The Morgan fingerprint density at radius 2 is 2.17 bits per heavy atom. The van der Waals surface area contributed by atoms with Crippen LogP contribution in [0.5, 0.6) is 0 Å². The van der Waals surface area contributed by atoms with Gasteiger partial charge in [-0.05, 0) is 40.5 Å². The average Bonchev–Trinajstić information content (AvgIpc) is 2.36. The Morgan fingerprint density at radius 3 is 2.83 bits per heavy atom. The maximum Gasteiger partial charge on any atom is 0.251 e. The van der Waals surface area contributed by atoms with Crippen molar-refractivity contribution in [2.24, 2.45) is 0 Å². The summed E-state index contributed by atoms with van der Waals surface area (Å²) in [4.78, 5) is 11.8. The summed E-state index contributed by atoms with van der Waals surface area (Å²) in [5.74, 6) is 0.353. The van der Waals surface area contributed by atoms with E-state index in [1.165, 1.54) is 0 Å². The third kappa shape index (κ3) is 5.57. The van der Waals surface area contributed by atoms with Crippen LogP contribution in [0.15, 0.2) is 22.7 Å². The molecule has 0 heterocycles. The first-order chi connectivity index (χ1) is 8.65. The largest absolute Gasteiger partial charge is 0.380 e. The van der Waals surface area contributed by atoms with Crippen molar-refractivity contribution in [3.05, 3.63) is 33.3 Å². The van der Waals surface area contributed by atoms with Gasteiger partial charge >= 0.3 is 0 Å². The van der Waals surface area contributed by atoms with Gasteiger partial charge in [0.2, 0.25) is 0 Å². The van der Waals surface area contributed by atoms with Crippen molar-refractivity contribution >= 4 is 45.0 Å². The number of amides is 1. The molecule has 0 bridgehead atoms. The summed E-state index contributed by atoms with van der Waals surface area (Å²) in [6.07, 6.45) is 0.757. The Balaban J connectivity index is 2.30. The molecule has 0 aromatic heterocycles. The first-order valence-corrected chi connectivity index (χ1v) is 7.22. The van der Waals surface area contributed by atoms with E-state index in [2.05, 4.69) is 21.2 Å². The number of rotatable bonds is 7. The van der Waals surface area contributed by atoms with Crippen LogP contribution in [0.4, 0.5) is 0 Å². The summed E-state index contributed by atoms with van der Waals surface area (Å²) >= 11 is 14.7. The van der Waals surface area contributed by atoms with Gasteiger partial charge in [-0.2, -0.15) is 0 Å². The molecule has 1 N–H and O–H groups in total. The maximum atomic E-state index is 11.8. The van der Waals surface area contributed by atoms with Gasteiger partial charge in [0, 0.05) is 29.1 Å². The Kier molecular flexibility index (Phi) is 7.66. The molecular weight excluding hydrogens is 341 g/mol. The van der Waals surface area contributed by atoms with Gasteiger partial charge in [-0.25, -0.2) is 0 Å². The molecule has 6 heteroatoms. The van der Waals surface area contributed by atoms with Gasteiger partial charge in [0.25, 0.3) is 5.91 Å². The first kappa shape index (κ1) is 15.8. The zero-order chi connectivity index (χ0) is 13.4. The van der Waals surface area contributed by atoms with E-state index in [4.69, 9.17) is 27.9 Å². The molecule has 18 heavy (non-hydrogen) atoms. The minimum Gasteiger partial charge on any atom is -0.380 e. The molecule has 1 amide bonds. The van der Waals surface area contributed by atoms with Crippen molar-refractivity contribution in [2.45, 2.75) is 6.42 Å². The summed E-state index contributed by atoms with van der Waals surface area (Å²) in [6.45, 7) is 1.70. The Labute approximate surface area is 125 Å². The number of carbonyl (C=O) groups excluding carboxylic acids is 1. The number of nitrogens with one attached hydrogen (secondary N) is 1. The molecule has 0 spiro atoms. The van der Waals surface area contributed by atoms with Crippen molar-refractivity contribution in [3.63, 3.8) is 0 Å². The van der Waals surface area contributed by atoms with Crippen molar-refractivity contribution in [2.75, 3.05) is 25.6 Å². The van der Waals surface area contributed by atoms with E-state index in [0.29, 0.717) is 36.2 Å². The summed E-state index contributed by atoms with van der Waals surface area (Å²) in [6, 6.07) is 5.10. The molecule has 0 aliphatic carbocycles. The average molecular weight is 355 g/mol. The van der Waals surface area contributed by atoms with E-state index in [1.54, 1.807) is 18.2 Å². The molecule has 0 atom stereocenters. The fourth-order valence-electron chi connectivity index (χ4n) is 1.27. The highest BCUT2D eigenvalue weighted by Gasteiger charge is 2.06. The molecule has 1 aromatic rings. The minimum atomic E-state index is -0.137. The molecule has 0 saturated heterocycles. The number of hydrogen-bond donors (Lipinski definition) is 1. The lowest BCUT2D eigenvalue weighted by molar-refractivity contribution is 0.0944. The third-order valence-corrected chi connectivity index (χ3v) is 3.54. The highest BCUT2D eigenvalue weighted by atomic mass is 79.9. The Morgan fingerprint density at radius 1 is 1.39 bits per heavy atom. The highest BCUT2D eigenvalue weighted by Crippen LogP contribution is 2.23. The smallest absolute Gasteiger partial charge is 0.251 e. The van der Waals surface area contributed by atoms with Crippen LogP contribution in [-0.4, -0.2) is 31.5 Å². The first-order valence-electron chi connectivity index (χ1n) is 5.52. The number of benzene rings is 1. The van der Waals surface area contributed by atoms with Crippen LogP contribution in [0.3, 0.4) is 0 Å². The molecule has 0 aliphatic rings. The van der Waals surface area contributed by atoms with Crippen LogP contribution in [0.1, 0.15) is 16.8 Å². The normalized spacial score (nSPS) is 10.4. The summed E-state index contributed by atoms with van der Waals surface area (Å²) in [7, 11) is 0. The predicted octanol–water partition coefficient (Wildman–Crippen LogP) is 3.48. The Bertz CT molecular complexity index is 402. The second-order valence-electron chi connectivity index (χ2n) is 3.54. The zero-order valence-electron chi connectivity index (χ0n) is 9.72. The number of alkyl halides is 1. The monoisotopic (exact) mass is 353 g/mol. The fraction of sp³-hybridized carbons (Fsp3) is 0.417. The maximum absolute atomic E-state index is 11.8. The van der Waals surface area contributed by atoms with E-state index in [9.17, 15) is 4.79 Å². The fourth-order valence-corrected chi connectivity index (χ4v) is 1.81. The van der Waals surface area contributed by atoms with Crippen LogP contribution in [0.2, 0.25) is 5.02 Å². The quantitative estimate of drug-likeness (QED) is 0.601. The van der Waals surface area contributed by atoms with Crippen molar-refractivity contribution in [3.8, 4) is 0 Å². The van der Waals surface area contributed by atoms with Gasteiger partial charge in [0.05, 0.1) is 11.6 Å². The van der Waals surface area contributed by atoms with E-state index in [-0.39, 0.29) is 5.91 Å². The predicted molar refractivity (Wildman–Crippen MR) is 77.6 cm³/mol. The number of halogens is 3. The van der Waals surface area contributed by atoms with Gasteiger partial charge in [-0.15, -0.1) is 11.6 Å². The number of carbonyl (C=O) groups is 1. The van der Waals surface area contributed by atoms with Gasteiger partial charge in [-0.3, -0.25) is 4.79 Å². The highest BCUT2D eigenvalue weighted by molar-refractivity contribution is 9.10. The molecule has 0 saturated carbocycles. The molecule has 100 valence electrons. The van der Waals surface area contributed by atoms with Gasteiger partial charge in [0.15, 0.2) is 0 Å². The van der Waals surface area contributed by atoms with E-state index >= 15 is 0 Å². The zero-order valence-corrected chi connectivity index (χ0v) is 12.8.